The van der Waals surface area contributed by atoms with E-state index in [2.05, 4.69) is 5.32 Å². The fourth-order valence-electron chi connectivity index (χ4n) is 1.79. The van der Waals surface area contributed by atoms with Crippen molar-refractivity contribution in [2.75, 3.05) is 7.05 Å². The second-order valence-electron chi connectivity index (χ2n) is 3.88. The lowest BCUT2D eigenvalue weighted by Gasteiger charge is -2.30. The standard InChI is InChI=1S/C11H10ClF6N/c1-19-8(6-3-2-4-7(12)5-6)9(10(13,14)15)11(16,17)18/h2-5,8-9,19H,1H3. The predicted molar refractivity (Wildman–Crippen MR) is 58.9 cm³/mol. The van der Waals surface area contributed by atoms with E-state index in [1.807, 2.05) is 0 Å². The minimum absolute atomic E-state index is 0.0702. The van der Waals surface area contributed by atoms with Crippen molar-refractivity contribution in [3.8, 4) is 0 Å². The summed E-state index contributed by atoms with van der Waals surface area (Å²) < 4.78 is 75.9. The molecule has 1 nitrogen and oxygen atoms in total. The Morgan fingerprint density at radius 2 is 1.58 bits per heavy atom. The number of hydrogen-bond donors (Lipinski definition) is 1. The Labute approximate surface area is 110 Å². The molecule has 1 atom stereocenters. The molecule has 0 heterocycles. The molecule has 0 saturated heterocycles. The molecule has 0 bridgehead atoms. The molecule has 0 aliphatic heterocycles. The van der Waals surface area contributed by atoms with Crippen molar-refractivity contribution >= 4 is 11.6 Å². The molecule has 0 spiro atoms. The molecule has 0 aromatic heterocycles. The van der Waals surface area contributed by atoms with Gasteiger partial charge in [0.15, 0.2) is 5.92 Å². The normalized spacial score (nSPS) is 14.8. The molecule has 0 aliphatic rings. The van der Waals surface area contributed by atoms with Crippen molar-refractivity contribution in [3.63, 3.8) is 0 Å². The molecule has 1 unspecified atom stereocenters. The lowest BCUT2D eigenvalue weighted by atomic mass is 9.92. The van der Waals surface area contributed by atoms with Gasteiger partial charge in [-0.15, -0.1) is 0 Å². The smallest absolute Gasteiger partial charge is 0.312 e. The van der Waals surface area contributed by atoms with Crippen molar-refractivity contribution in [3.05, 3.63) is 34.9 Å². The van der Waals surface area contributed by atoms with Crippen LogP contribution in [0.3, 0.4) is 0 Å². The molecule has 1 N–H and O–H groups in total. The molecule has 19 heavy (non-hydrogen) atoms. The van der Waals surface area contributed by atoms with Gasteiger partial charge in [-0.25, -0.2) is 0 Å². The van der Waals surface area contributed by atoms with Crippen LogP contribution in [0.15, 0.2) is 24.3 Å². The maximum absolute atomic E-state index is 12.6. The van der Waals surface area contributed by atoms with E-state index in [1.165, 1.54) is 12.1 Å². The maximum atomic E-state index is 12.6. The number of halogens is 7. The Bertz CT molecular complexity index is 414. The van der Waals surface area contributed by atoms with Crippen LogP contribution in [0.5, 0.6) is 0 Å². The Kier molecular flexibility index (Phi) is 4.73. The van der Waals surface area contributed by atoms with E-state index >= 15 is 0 Å². The number of nitrogens with one attached hydrogen (secondary N) is 1. The number of alkyl halides is 6. The zero-order chi connectivity index (χ0) is 14.8. The van der Waals surface area contributed by atoms with Gasteiger partial charge >= 0.3 is 12.4 Å². The van der Waals surface area contributed by atoms with Crippen LogP contribution in [-0.4, -0.2) is 19.4 Å². The summed E-state index contributed by atoms with van der Waals surface area (Å²) in [5.41, 5.74) is -0.172. The van der Waals surface area contributed by atoms with Crippen LogP contribution in [0, 0.1) is 5.92 Å². The average molecular weight is 306 g/mol. The van der Waals surface area contributed by atoms with Gasteiger partial charge in [0.25, 0.3) is 0 Å². The molecule has 108 valence electrons. The van der Waals surface area contributed by atoms with Crippen LogP contribution in [0.4, 0.5) is 26.3 Å². The summed E-state index contributed by atoms with van der Waals surface area (Å²) in [4.78, 5) is 0. The van der Waals surface area contributed by atoms with Gasteiger partial charge in [0.05, 0.1) is 6.04 Å². The summed E-state index contributed by atoms with van der Waals surface area (Å²) in [6, 6.07) is 2.96. The second kappa shape index (κ2) is 5.58. The van der Waals surface area contributed by atoms with Crippen molar-refractivity contribution in [2.45, 2.75) is 18.4 Å². The minimum Gasteiger partial charge on any atom is -0.312 e. The molecular weight excluding hydrogens is 296 g/mol. The Hall–Kier alpha value is -0.950. The first kappa shape index (κ1) is 16.1. The Balaban J connectivity index is 3.25. The van der Waals surface area contributed by atoms with Gasteiger partial charge in [0.1, 0.15) is 0 Å². The highest BCUT2D eigenvalue weighted by Gasteiger charge is 2.60. The highest BCUT2D eigenvalue weighted by atomic mass is 35.5. The van der Waals surface area contributed by atoms with E-state index in [9.17, 15) is 26.3 Å². The number of hydrogen-bond acceptors (Lipinski definition) is 1. The molecule has 8 heteroatoms. The first-order chi connectivity index (χ1) is 8.57. The van der Waals surface area contributed by atoms with Crippen LogP contribution in [0.1, 0.15) is 11.6 Å². The summed E-state index contributed by atoms with van der Waals surface area (Å²) in [6.45, 7) is 0. The van der Waals surface area contributed by atoms with Crippen LogP contribution in [0.25, 0.3) is 0 Å². The third-order valence-corrected chi connectivity index (χ3v) is 2.79. The van der Waals surface area contributed by atoms with Crippen LogP contribution >= 0.6 is 11.6 Å². The average Bonchev–Trinajstić information content (AvgIpc) is 2.21. The van der Waals surface area contributed by atoms with Crippen molar-refractivity contribution in [1.82, 2.24) is 5.32 Å². The zero-order valence-electron chi connectivity index (χ0n) is 9.61. The molecule has 0 amide bonds. The zero-order valence-corrected chi connectivity index (χ0v) is 10.4. The molecule has 1 aromatic rings. The van der Waals surface area contributed by atoms with Crippen LogP contribution < -0.4 is 5.32 Å². The van der Waals surface area contributed by atoms with E-state index in [4.69, 9.17) is 11.6 Å². The first-order valence-electron chi connectivity index (χ1n) is 5.13. The molecular formula is C11H10ClF6N. The largest absolute Gasteiger partial charge is 0.402 e. The van der Waals surface area contributed by atoms with Gasteiger partial charge in [-0.2, -0.15) is 26.3 Å². The van der Waals surface area contributed by atoms with Gasteiger partial charge in [-0.3, -0.25) is 0 Å². The summed E-state index contributed by atoms with van der Waals surface area (Å²) in [7, 11) is 1.04. The second-order valence-corrected chi connectivity index (χ2v) is 4.32. The molecule has 0 radical (unpaired) electrons. The van der Waals surface area contributed by atoms with E-state index in [1.54, 1.807) is 0 Å². The summed E-state index contributed by atoms with van der Waals surface area (Å²) in [5, 5.41) is 2.13. The van der Waals surface area contributed by atoms with Gasteiger partial charge < -0.3 is 5.32 Å². The van der Waals surface area contributed by atoms with E-state index in [-0.39, 0.29) is 10.6 Å². The number of benzene rings is 1. The predicted octanol–water partition coefficient (Wildman–Crippen LogP) is 4.34. The van der Waals surface area contributed by atoms with Gasteiger partial charge in [-0.1, -0.05) is 23.7 Å². The molecule has 1 rings (SSSR count). The minimum atomic E-state index is -5.41. The van der Waals surface area contributed by atoms with Gasteiger partial charge in [0, 0.05) is 5.02 Å². The molecule has 1 aromatic carbocycles. The Morgan fingerprint density at radius 3 is 1.95 bits per heavy atom. The summed E-state index contributed by atoms with van der Waals surface area (Å²) in [6.07, 6.45) is -10.8. The van der Waals surface area contributed by atoms with Crippen LogP contribution in [-0.2, 0) is 0 Å². The SMILES string of the molecule is CNC(c1cccc(Cl)c1)C(C(F)(F)F)C(F)(F)F. The monoisotopic (exact) mass is 305 g/mol. The highest BCUT2D eigenvalue weighted by Crippen LogP contribution is 2.46. The fraction of sp³-hybridized carbons (Fsp3) is 0.455. The third-order valence-electron chi connectivity index (χ3n) is 2.56. The summed E-state index contributed by atoms with van der Waals surface area (Å²) in [5.74, 6) is -3.50. The van der Waals surface area contributed by atoms with Crippen molar-refractivity contribution in [1.29, 1.82) is 0 Å². The van der Waals surface area contributed by atoms with Gasteiger partial charge in [-0.05, 0) is 24.7 Å². The topological polar surface area (TPSA) is 12.0 Å². The van der Waals surface area contributed by atoms with E-state index in [0.717, 1.165) is 19.2 Å². The van der Waals surface area contributed by atoms with Crippen molar-refractivity contribution in [2.24, 2.45) is 5.92 Å². The van der Waals surface area contributed by atoms with Crippen LogP contribution in [0.2, 0.25) is 5.02 Å². The molecule has 0 aliphatic carbocycles. The molecule has 0 fully saturated rings. The third kappa shape index (κ3) is 4.01. The van der Waals surface area contributed by atoms with E-state index in [0.29, 0.717) is 0 Å². The lowest BCUT2D eigenvalue weighted by Crippen LogP contribution is -2.45. The first-order valence-corrected chi connectivity index (χ1v) is 5.51. The number of rotatable bonds is 3. The maximum Gasteiger partial charge on any atom is 0.402 e. The Morgan fingerprint density at radius 1 is 1.05 bits per heavy atom. The van der Waals surface area contributed by atoms with Crippen molar-refractivity contribution < 1.29 is 26.3 Å². The molecule has 0 saturated carbocycles. The summed E-state index contributed by atoms with van der Waals surface area (Å²) >= 11 is 5.59. The lowest BCUT2D eigenvalue weighted by molar-refractivity contribution is -0.292. The fourth-order valence-corrected chi connectivity index (χ4v) is 1.99. The van der Waals surface area contributed by atoms with E-state index < -0.39 is 24.3 Å². The quantitative estimate of drug-likeness (QED) is 0.819. The van der Waals surface area contributed by atoms with Gasteiger partial charge in [0.2, 0.25) is 0 Å². The highest BCUT2D eigenvalue weighted by molar-refractivity contribution is 6.30.